The van der Waals surface area contributed by atoms with Crippen molar-refractivity contribution in [3.63, 3.8) is 0 Å². The molecule has 2 aromatic heterocycles. The number of nitrogens with zero attached hydrogens (tertiary/aromatic N) is 2. The van der Waals surface area contributed by atoms with Gasteiger partial charge in [0, 0.05) is 18.0 Å². The summed E-state index contributed by atoms with van der Waals surface area (Å²) in [7, 11) is 0. The SMILES string of the molecule is Cc1cncc(-c2onc(C(=O)O)c2F)c1. The van der Waals surface area contributed by atoms with Crippen LogP contribution in [0.4, 0.5) is 4.39 Å². The minimum absolute atomic E-state index is 0.214. The van der Waals surface area contributed by atoms with E-state index >= 15 is 0 Å². The van der Waals surface area contributed by atoms with Gasteiger partial charge >= 0.3 is 5.97 Å². The summed E-state index contributed by atoms with van der Waals surface area (Å²) < 4.78 is 18.2. The van der Waals surface area contributed by atoms with Gasteiger partial charge in [-0.1, -0.05) is 5.16 Å². The molecule has 16 heavy (non-hydrogen) atoms. The molecule has 0 aliphatic carbocycles. The predicted octanol–water partition coefficient (Wildman–Crippen LogP) is 1.88. The molecule has 82 valence electrons. The molecule has 0 saturated carbocycles. The van der Waals surface area contributed by atoms with E-state index < -0.39 is 17.5 Å². The summed E-state index contributed by atoms with van der Waals surface area (Å²) in [4.78, 5) is 14.4. The number of aromatic nitrogens is 2. The number of rotatable bonds is 2. The van der Waals surface area contributed by atoms with Gasteiger partial charge in [-0.25, -0.2) is 4.79 Å². The van der Waals surface area contributed by atoms with Crippen LogP contribution in [0.3, 0.4) is 0 Å². The summed E-state index contributed by atoms with van der Waals surface area (Å²) in [5, 5.41) is 11.7. The van der Waals surface area contributed by atoms with Gasteiger partial charge in [-0.05, 0) is 18.6 Å². The maximum Gasteiger partial charge on any atom is 0.361 e. The molecule has 2 rings (SSSR count). The second kappa shape index (κ2) is 3.73. The highest BCUT2D eigenvalue weighted by atomic mass is 19.1. The molecule has 6 heteroatoms. The summed E-state index contributed by atoms with van der Waals surface area (Å²) in [6.45, 7) is 1.78. The van der Waals surface area contributed by atoms with Crippen LogP contribution in [0.5, 0.6) is 0 Å². The number of carboxylic acid groups (broad SMARTS) is 1. The van der Waals surface area contributed by atoms with Gasteiger partial charge in [-0.3, -0.25) is 4.98 Å². The van der Waals surface area contributed by atoms with Crippen molar-refractivity contribution in [2.75, 3.05) is 0 Å². The molecule has 2 aromatic rings. The summed E-state index contributed by atoms with van der Waals surface area (Å²) in [6, 6.07) is 1.63. The third-order valence-electron chi connectivity index (χ3n) is 1.98. The van der Waals surface area contributed by atoms with Crippen LogP contribution in [-0.2, 0) is 0 Å². The Balaban J connectivity index is 2.53. The topological polar surface area (TPSA) is 76.2 Å². The Morgan fingerprint density at radius 3 is 2.81 bits per heavy atom. The molecule has 0 amide bonds. The molecular weight excluding hydrogens is 215 g/mol. The third kappa shape index (κ3) is 1.65. The Morgan fingerprint density at radius 1 is 1.50 bits per heavy atom. The largest absolute Gasteiger partial charge is 0.476 e. The van der Waals surface area contributed by atoms with E-state index in [9.17, 15) is 9.18 Å². The van der Waals surface area contributed by atoms with Crippen molar-refractivity contribution in [2.24, 2.45) is 0 Å². The number of halogens is 1. The zero-order chi connectivity index (χ0) is 11.7. The molecule has 2 heterocycles. The van der Waals surface area contributed by atoms with Crippen LogP contribution in [0.15, 0.2) is 23.0 Å². The van der Waals surface area contributed by atoms with Gasteiger partial charge in [-0.2, -0.15) is 4.39 Å². The van der Waals surface area contributed by atoms with Crippen molar-refractivity contribution >= 4 is 5.97 Å². The van der Waals surface area contributed by atoms with Gasteiger partial charge in [0.15, 0.2) is 0 Å². The van der Waals surface area contributed by atoms with Gasteiger partial charge in [0.2, 0.25) is 17.3 Å². The molecule has 0 bridgehead atoms. The molecular formula is C10H7FN2O3. The van der Waals surface area contributed by atoms with Crippen molar-refractivity contribution in [2.45, 2.75) is 6.92 Å². The fraction of sp³-hybridized carbons (Fsp3) is 0.100. The maximum atomic E-state index is 13.5. The first-order chi connectivity index (χ1) is 7.59. The van der Waals surface area contributed by atoms with Crippen LogP contribution in [0.2, 0.25) is 0 Å². The van der Waals surface area contributed by atoms with E-state index in [1.807, 2.05) is 0 Å². The number of carboxylic acids is 1. The molecule has 0 atom stereocenters. The predicted molar refractivity (Wildman–Crippen MR) is 51.4 cm³/mol. The molecule has 0 aliphatic rings. The minimum Gasteiger partial charge on any atom is -0.476 e. The van der Waals surface area contributed by atoms with Gasteiger partial charge in [0.05, 0.1) is 0 Å². The second-order valence-corrected chi connectivity index (χ2v) is 3.23. The Morgan fingerprint density at radius 2 is 2.25 bits per heavy atom. The zero-order valence-corrected chi connectivity index (χ0v) is 8.27. The lowest BCUT2D eigenvalue weighted by molar-refractivity contribution is 0.0681. The fourth-order valence-electron chi connectivity index (χ4n) is 1.27. The zero-order valence-electron chi connectivity index (χ0n) is 8.27. The van der Waals surface area contributed by atoms with E-state index in [4.69, 9.17) is 5.11 Å². The fourth-order valence-corrected chi connectivity index (χ4v) is 1.27. The van der Waals surface area contributed by atoms with Crippen molar-refractivity contribution in [1.82, 2.24) is 10.1 Å². The highest BCUT2D eigenvalue weighted by Crippen LogP contribution is 2.24. The third-order valence-corrected chi connectivity index (χ3v) is 1.98. The highest BCUT2D eigenvalue weighted by Gasteiger charge is 2.22. The molecule has 0 spiro atoms. The number of aryl methyl sites for hydroxylation is 1. The number of hydrogen-bond acceptors (Lipinski definition) is 4. The number of hydrogen-bond donors (Lipinski definition) is 1. The average Bonchev–Trinajstić information content (AvgIpc) is 2.60. The van der Waals surface area contributed by atoms with Crippen LogP contribution in [0.1, 0.15) is 16.1 Å². The minimum atomic E-state index is -1.46. The smallest absolute Gasteiger partial charge is 0.361 e. The van der Waals surface area contributed by atoms with Crippen LogP contribution in [0.25, 0.3) is 11.3 Å². The van der Waals surface area contributed by atoms with Crippen molar-refractivity contribution in [3.05, 3.63) is 35.5 Å². The molecule has 1 N–H and O–H groups in total. The lowest BCUT2D eigenvalue weighted by Gasteiger charge is -1.96. The lowest BCUT2D eigenvalue weighted by atomic mass is 10.1. The highest BCUT2D eigenvalue weighted by molar-refractivity contribution is 5.86. The second-order valence-electron chi connectivity index (χ2n) is 3.23. The molecule has 0 fully saturated rings. The van der Waals surface area contributed by atoms with E-state index in [0.717, 1.165) is 5.56 Å². The summed E-state index contributed by atoms with van der Waals surface area (Å²) >= 11 is 0. The lowest BCUT2D eigenvalue weighted by Crippen LogP contribution is -1.99. The van der Waals surface area contributed by atoms with Gasteiger partial charge in [0.25, 0.3) is 0 Å². The Hall–Kier alpha value is -2.24. The summed E-state index contributed by atoms with van der Waals surface area (Å²) in [5.41, 5.74) is 0.444. The molecule has 0 aromatic carbocycles. The van der Waals surface area contributed by atoms with Crippen molar-refractivity contribution < 1.29 is 18.8 Å². The maximum absolute atomic E-state index is 13.5. The molecule has 5 nitrogen and oxygen atoms in total. The van der Waals surface area contributed by atoms with E-state index in [-0.39, 0.29) is 5.76 Å². The van der Waals surface area contributed by atoms with Crippen LogP contribution >= 0.6 is 0 Å². The number of carbonyl (C=O) groups is 1. The number of pyridine rings is 1. The van der Waals surface area contributed by atoms with Crippen molar-refractivity contribution in [1.29, 1.82) is 0 Å². The normalized spacial score (nSPS) is 10.4. The Bertz CT molecular complexity index is 551. The van der Waals surface area contributed by atoms with E-state index in [0.29, 0.717) is 5.56 Å². The van der Waals surface area contributed by atoms with Crippen LogP contribution in [-0.4, -0.2) is 21.2 Å². The first kappa shape index (κ1) is 10.3. The quantitative estimate of drug-likeness (QED) is 0.839. The van der Waals surface area contributed by atoms with Crippen LogP contribution < -0.4 is 0 Å². The first-order valence-corrected chi connectivity index (χ1v) is 4.40. The summed E-state index contributed by atoms with van der Waals surface area (Å²) in [5.74, 6) is -2.67. The van der Waals surface area contributed by atoms with Crippen molar-refractivity contribution in [3.8, 4) is 11.3 Å². The molecule has 0 unspecified atom stereocenters. The van der Waals surface area contributed by atoms with E-state index in [1.165, 1.54) is 6.20 Å². The monoisotopic (exact) mass is 222 g/mol. The summed E-state index contributed by atoms with van der Waals surface area (Å²) in [6.07, 6.45) is 2.97. The molecule has 0 radical (unpaired) electrons. The average molecular weight is 222 g/mol. The van der Waals surface area contributed by atoms with E-state index in [1.54, 1.807) is 19.2 Å². The van der Waals surface area contributed by atoms with Gasteiger partial charge in [0.1, 0.15) is 0 Å². The van der Waals surface area contributed by atoms with Crippen LogP contribution in [0, 0.1) is 12.7 Å². The van der Waals surface area contributed by atoms with Gasteiger partial charge in [-0.15, -0.1) is 0 Å². The van der Waals surface area contributed by atoms with E-state index in [2.05, 4.69) is 14.7 Å². The first-order valence-electron chi connectivity index (χ1n) is 4.40. The standard InChI is InChI=1S/C10H7FN2O3/c1-5-2-6(4-12-3-5)9-7(11)8(10(14)15)13-16-9/h2-4H,1H3,(H,14,15). The Labute approximate surface area is 89.5 Å². The molecule has 0 aliphatic heterocycles. The number of aromatic carboxylic acids is 1. The Kier molecular flexibility index (Phi) is 2.40. The van der Waals surface area contributed by atoms with Gasteiger partial charge < -0.3 is 9.63 Å². The molecule has 0 saturated heterocycles.